The number of aliphatic hydroxyl groups is 2. The number of anilines is 1. The Bertz CT molecular complexity index is 650. The molecule has 2 aromatic rings. The molecule has 3 rings (SSSR count). The topological polar surface area (TPSA) is 90.8 Å². The number of fused-ring (bicyclic) bond motifs is 1. The average molecular weight is 361 g/mol. The number of aromatic amines is 1. The van der Waals surface area contributed by atoms with Gasteiger partial charge in [-0.25, -0.2) is 0 Å². The first-order chi connectivity index (χ1) is 12.7. The standard InChI is InChI=1S/C19H27N3O4/c23-17-8-10-22(13-15-7-9-20-21-15)16-5-1-2-6-19(16)26-12-4-3-11-25-14-18(17)24/h1-2,5-7,9,17-18,23-24H,3-4,8,10-14H2,(H,20,21)/t17-,18+/m0/s1. The van der Waals surface area contributed by atoms with Crippen LogP contribution in [-0.4, -0.2) is 59.0 Å². The van der Waals surface area contributed by atoms with E-state index in [4.69, 9.17) is 9.47 Å². The molecule has 0 amide bonds. The zero-order valence-corrected chi connectivity index (χ0v) is 14.9. The van der Waals surface area contributed by atoms with E-state index in [0.717, 1.165) is 30.0 Å². The fraction of sp³-hybridized carbons (Fsp3) is 0.526. The molecule has 0 radical (unpaired) electrons. The third-order valence-electron chi connectivity index (χ3n) is 4.49. The van der Waals surface area contributed by atoms with Crippen LogP contribution in [0.15, 0.2) is 36.5 Å². The Balaban J connectivity index is 1.81. The van der Waals surface area contributed by atoms with E-state index in [9.17, 15) is 10.2 Å². The summed E-state index contributed by atoms with van der Waals surface area (Å²) in [7, 11) is 0. The number of hydrogen-bond acceptors (Lipinski definition) is 6. The largest absolute Gasteiger partial charge is 0.491 e. The number of hydrogen-bond donors (Lipinski definition) is 3. The Labute approximate surface area is 153 Å². The Morgan fingerprint density at radius 2 is 1.96 bits per heavy atom. The van der Waals surface area contributed by atoms with E-state index in [1.165, 1.54) is 0 Å². The lowest BCUT2D eigenvalue weighted by Crippen LogP contribution is -2.35. The van der Waals surface area contributed by atoms with Gasteiger partial charge >= 0.3 is 0 Å². The summed E-state index contributed by atoms with van der Waals surface area (Å²) >= 11 is 0. The predicted molar refractivity (Wildman–Crippen MR) is 98.3 cm³/mol. The van der Waals surface area contributed by atoms with Gasteiger partial charge in [0.2, 0.25) is 0 Å². The van der Waals surface area contributed by atoms with E-state index in [1.807, 2.05) is 30.3 Å². The SMILES string of the molecule is O[C@@H]1COCCCCOc2ccccc2N(Cc2ccn[nH]2)CC[C@@H]1O. The summed E-state index contributed by atoms with van der Waals surface area (Å²) in [4.78, 5) is 2.13. The molecule has 0 unspecified atom stereocenters. The highest BCUT2D eigenvalue weighted by atomic mass is 16.5. The van der Waals surface area contributed by atoms with Crippen LogP contribution in [-0.2, 0) is 11.3 Å². The quantitative estimate of drug-likeness (QED) is 0.754. The van der Waals surface area contributed by atoms with Crippen molar-refractivity contribution < 1.29 is 19.7 Å². The van der Waals surface area contributed by atoms with Gasteiger partial charge in [-0.2, -0.15) is 5.10 Å². The smallest absolute Gasteiger partial charge is 0.142 e. The van der Waals surface area contributed by atoms with Crippen molar-refractivity contribution in [2.75, 3.05) is 31.3 Å². The second kappa shape index (κ2) is 9.56. The minimum Gasteiger partial charge on any atom is -0.491 e. The number of benzene rings is 1. The maximum atomic E-state index is 10.3. The van der Waals surface area contributed by atoms with Crippen molar-refractivity contribution in [2.24, 2.45) is 0 Å². The first-order valence-corrected chi connectivity index (χ1v) is 9.13. The number of nitrogens with zero attached hydrogens (tertiary/aromatic N) is 2. The number of ether oxygens (including phenoxy) is 2. The minimum absolute atomic E-state index is 0.152. The highest BCUT2D eigenvalue weighted by Crippen LogP contribution is 2.30. The molecule has 1 aromatic heterocycles. The van der Waals surface area contributed by atoms with E-state index < -0.39 is 12.2 Å². The molecule has 3 N–H and O–H groups in total. The Morgan fingerprint density at radius 3 is 2.81 bits per heavy atom. The lowest BCUT2D eigenvalue weighted by atomic mass is 10.1. The molecule has 0 aliphatic carbocycles. The number of nitrogens with one attached hydrogen (secondary N) is 1. The zero-order chi connectivity index (χ0) is 18.2. The van der Waals surface area contributed by atoms with Crippen molar-refractivity contribution in [3.05, 3.63) is 42.2 Å². The van der Waals surface area contributed by atoms with E-state index in [1.54, 1.807) is 6.20 Å². The summed E-state index contributed by atoms with van der Waals surface area (Å²) in [6.07, 6.45) is 2.15. The first-order valence-electron chi connectivity index (χ1n) is 9.13. The van der Waals surface area contributed by atoms with Crippen molar-refractivity contribution in [2.45, 2.75) is 38.0 Å². The summed E-state index contributed by atoms with van der Waals surface area (Å²) in [6, 6.07) is 9.84. The normalized spacial score (nSPS) is 22.9. The maximum Gasteiger partial charge on any atom is 0.142 e. The van der Waals surface area contributed by atoms with Gasteiger partial charge in [0, 0.05) is 19.3 Å². The number of aliphatic hydroxyl groups excluding tert-OH is 2. The van der Waals surface area contributed by atoms with Gasteiger partial charge in [-0.05, 0) is 37.5 Å². The van der Waals surface area contributed by atoms with Crippen LogP contribution in [0.2, 0.25) is 0 Å². The molecular formula is C19H27N3O4. The van der Waals surface area contributed by atoms with Crippen LogP contribution in [0.5, 0.6) is 5.75 Å². The van der Waals surface area contributed by atoms with Crippen LogP contribution < -0.4 is 9.64 Å². The van der Waals surface area contributed by atoms with Gasteiger partial charge in [-0.3, -0.25) is 5.10 Å². The summed E-state index contributed by atoms with van der Waals surface area (Å²) in [5.41, 5.74) is 1.94. The lowest BCUT2D eigenvalue weighted by molar-refractivity contribution is -0.0405. The van der Waals surface area contributed by atoms with Crippen molar-refractivity contribution >= 4 is 5.69 Å². The molecule has 1 aliphatic heterocycles. The van der Waals surface area contributed by atoms with Gasteiger partial charge in [0.25, 0.3) is 0 Å². The van der Waals surface area contributed by atoms with E-state index >= 15 is 0 Å². The van der Waals surface area contributed by atoms with Crippen molar-refractivity contribution in [3.8, 4) is 5.75 Å². The summed E-state index contributed by atoms with van der Waals surface area (Å²) in [5, 5.41) is 27.3. The maximum absolute atomic E-state index is 10.3. The van der Waals surface area contributed by atoms with Crippen LogP contribution in [0, 0.1) is 0 Å². The van der Waals surface area contributed by atoms with Gasteiger partial charge in [0.05, 0.1) is 37.2 Å². The summed E-state index contributed by atoms with van der Waals surface area (Å²) < 4.78 is 11.4. The van der Waals surface area contributed by atoms with Crippen molar-refractivity contribution in [1.82, 2.24) is 10.2 Å². The van der Waals surface area contributed by atoms with Crippen LogP contribution in [0.3, 0.4) is 0 Å². The molecule has 2 heterocycles. The van der Waals surface area contributed by atoms with E-state index in [-0.39, 0.29) is 6.61 Å². The highest BCUT2D eigenvalue weighted by molar-refractivity contribution is 5.58. The molecule has 7 nitrogen and oxygen atoms in total. The molecule has 2 atom stereocenters. The summed E-state index contributed by atoms with van der Waals surface area (Å²) in [6.45, 7) is 2.50. The fourth-order valence-electron chi connectivity index (χ4n) is 2.99. The first kappa shape index (κ1) is 18.7. The number of aromatic nitrogens is 2. The molecule has 0 fully saturated rings. The van der Waals surface area contributed by atoms with Gasteiger partial charge in [0.1, 0.15) is 11.9 Å². The summed E-state index contributed by atoms with van der Waals surface area (Å²) in [5.74, 6) is 0.819. The third-order valence-corrected chi connectivity index (χ3v) is 4.49. The third kappa shape index (κ3) is 5.20. The number of rotatable bonds is 2. The molecule has 0 spiro atoms. The molecule has 142 valence electrons. The van der Waals surface area contributed by atoms with E-state index in [0.29, 0.717) is 32.7 Å². The molecule has 1 aromatic carbocycles. The molecule has 26 heavy (non-hydrogen) atoms. The van der Waals surface area contributed by atoms with E-state index in [2.05, 4.69) is 15.1 Å². The lowest BCUT2D eigenvalue weighted by Gasteiger charge is -2.28. The second-order valence-corrected chi connectivity index (χ2v) is 6.53. The number of H-pyrrole nitrogens is 1. The fourth-order valence-corrected chi connectivity index (χ4v) is 2.99. The minimum atomic E-state index is -0.876. The average Bonchev–Trinajstić information content (AvgIpc) is 3.17. The predicted octanol–water partition coefficient (Wildman–Crippen LogP) is 1.72. The van der Waals surface area contributed by atoms with Crippen LogP contribution in [0.25, 0.3) is 0 Å². The molecule has 0 saturated carbocycles. The number of para-hydroxylation sites is 2. The highest BCUT2D eigenvalue weighted by Gasteiger charge is 2.20. The van der Waals surface area contributed by atoms with Crippen LogP contribution >= 0.6 is 0 Å². The van der Waals surface area contributed by atoms with Gasteiger partial charge in [-0.1, -0.05) is 12.1 Å². The monoisotopic (exact) mass is 361 g/mol. The molecule has 0 bridgehead atoms. The van der Waals surface area contributed by atoms with Crippen molar-refractivity contribution in [3.63, 3.8) is 0 Å². The Hall–Kier alpha value is -2.09. The molecular weight excluding hydrogens is 334 g/mol. The van der Waals surface area contributed by atoms with Gasteiger partial charge in [-0.15, -0.1) is 0 Å². The van der Waals surface area contributed by atoms with Gasteiger partial charge < -0.3 is 24.6 Å². The zero-order valence-electron chi connectivity index (χ0n) is 14.9. The van der Waals surface area contributed by atoms with Gasteiger partial charge in [0.15, 0.2) is 0 Å². The molecule has 7 heteroatoms. The Kier molecular flexibility index (Phi) is 6.88. The van der Waals surface area contributed by atoms with Crippen molar-refractivity contribution in [1.29, 1.82) is 0 Å². The van der Waals surface area contributed by atoms with Crippen LogP contribution in [0.1, 0.15) is 25.0 Å². The molecule has 1 aliphatic rings. The van der Waals surface area contributed by atoms with Crippen LogP contribution in [0.4, 0.5) is 5.69 Å². The second-order valence-electron chi connectivity index (χ2n) is 6.53. The Morgan fingerprint density at radius 1 is 1.12 bits per heavy atom. The molecule has 0 saturated heterocycles.